The van der Waals surface area contributed by atoms with Gasteiger partial charge in [0, 0.05) is 12.4 Å². The summed E-state index contributed by atoms with van der Waals surface area (Å²) in [5.74, 6) is 1.19. The van der Waals surface area contributed by atoms with Gasteiger partial charge < -0.3 is 10.4 Å². The normalized spacial score (nSPS) is 13.1. The molecule has 0 fully saturated rings. The van der Waals surface area contributed by atoms with Crippen molar-refractivity contribution < 1.29 is 5.11 Å². The van der Waals surface area contributed by atoms with Gasteiger partial charge in [-0.3, -0.25) is 0 Å². The number of alkyl halides is 1. The standard InChI is InChI=1S/C17H36ClNO/c1-16(2)12-10-8-6-4-3-5-7-9-11-13-19-15-17(20)14-18/h16-17,19-20H,3-15H2,1-2H3. The van der Waals surface area contributed by atoms with Crippen LogP contribution in [0, 0.1) is 5.92 Å². The van der Waals surface area contributed by atoms with Gasteiger partial charge in [0.2, 0.25) is 0 Å². The number of hydrogen-bond acceptors (Lipinski definition) is 2. The third-order valence-corrected chi connectivity index (χ3v) is 4.05. The molecule has 0 aliphatic heterocycles. The zero-order valence-electron chi connectivity index (χ0n) is 13.7. The molecule has 0 aliphatic carbocycles. The van der Waals surface area contributed by atoms with Crippen molar-refractivity contribution in [1.29, 1.82) is 0 Å². The number of hydrogen-bond donors (Lipinski definition) is 2. The molecule has 0 heterocycles. The number of aliphatic hydroxyl groups is 1. The minimum atomic E-state index is -0.396. The topological polar surface area (TPSA) is 32.3 Å². The van der Waals surface area contributed by atoms with Crippen molar-refractivity contribution in [2.75, 3.05) is 19.0 Å². The molecule has 2 N–H and O–H groups in total. The summed E-state index contributed by atoms with van der Waals surface area (Å²) in [6.07, 6.45) is 13.3. The summed E-state index contributed by atoms with van der Waals surface area (Å²) in [7, 11) is 0. The second-order valence-electron chi connectivity index (χ2n) is 6.38. The van der Waals surface area contributed by atoms with Crippen LogP contribution in [0.15, 0.2) is 0 Å². The van der Waals surface area contributed by atoms with Crippen molar-refractivity contribution in [3.8, 4) is 0 Å². The monoisotopic (exact) mass is 305 g/mol. The molecule has 3 heteroatoms. The van der Waals surface area contributed by atoms with E-state index in [-0.39, 0.29) is 0 Å². The Hall–Kier alpha value is 0.210. The highest BCUT2D eigenvalue weighted by Crippen LogP contribution is 2.12. The van der Waals surface area contributed by atoms with Crippen molar-refractivity contribution >= 4 is 11.6 Å². The molecule has 0 bridgehead atoms. The molecule has 0 aromatic rings. The SMILES string of the molecule is CC(C)CCCCCCCCCCCNCC(O)CCl. The number of rotatable bonds is 15. The van der Waals surface area contributed by atoms with E-state index >= 15 is 0 Å². The predicted octanol–water partition coefficient (Wildman–Crippen LogP) is 4.73. The average Bonchev–Trinajstić information content (AvgIpc) is 2.43. The van der Waals surface area contributed by atoms with Crippen molar-refractivity contribution in [3.63, 3.8) is 0 Å². The summed E-state index contributed by atoms with van der Waals surface area (Å²) in [6.45, 7) is 6.25. The van der Waals surface area contributed by atoms with E-state index in [1.165, 1.54) is 64.2 Å². The second kappa shape index (κ2) is 15.6. The van der Waals surface area contributed by atoms with Gasteiger partial charge in [-0.1, -0.05) is 71.6 Å². The molecule has 0 saturated carbocycles. The Kier molecular flexibility index (Phi) is 15.8. The van der Waals surface area contributed by atoms with Crippen molar-refractivity contribution in [2.45, 2.75) is 84.2 Å². The minimum Gasteiger partial charge on any atom is -0.391 e. The minimum absolute atomic E-state index is 0.324. The van der Waals surface area contributed by atoms with Crippen LogP contribution in [0.1, 0.15) is 78.1 Å². The zero-order chi connectivity index (χ0) is 15.1. The van der Waals surface area contributed by atoms with Crippen LogP contribution in [0.3, 0.4) is 0 Å². The quantitative estimate of drug-likeness (QED) is 0.338. The molecule has 0 aromatic carbocycles. The molecule has 0 rings (SSSR count). The van der Waals surface area contributed by atoms with Crippen molar-refractivity contribution in [3.05, 3.63) is 0 Å². The van der Waals surface area contributed by atoms with E-state index in [2.05, 4.69) is 19.2 Å². The molecule has 0 saturated heterocycles. The van der Waals surface area contributed by atoms with Crippen LogP contribution in [0.25, 0.3) is 0 Å². The zero-order valence-corrected chi connectivity index (χ0v) is 14.4. The van der Waals surface area contributed by atoms with Crippen molar-refractivity contribution in [2.24, 2.45) is 5.92 Å². The van der Waals surface area contributed by atoms with E-state index in [0.29, 0.717) is 12.4 Å². The van der Waals surface area contributed by atoms with Gasteiger partial charge in [-0.05, 0) is 18.9 Å². The molecule has 0 aromatic heterocycles. The molecule has 1 atom stereocenters. The maximum absolute atomic E-state index is 9.26. The highest BCUT2D eigenvalue weighted by Gasteiger charge is 1.99. The third-order valence-electron chi connectivity index (χ3n) is 3.69. The summed E-state index contributed by atoms with van der Waals surface area (Å²) < 4.78 is 0. The van der Waals surface area contributed by atoms with E-state index in [4.69, 9.17) is 11.6 Å². The summed E-state index contributed by atoms with van der Waals surface area (Å²) in [5.41, 5.74) is 0. The predicted molar refractivity (Wildman–Crippen MR) is 90.6 cm³/mol. The summed E-state index contributed by atoms with van der Waals surface area (Å²) in [4.78, 5) is 0. The molecular formula is C17H36ClNO. The van der Waals surface area contributed by atoms with E-state index in [9.17, 15) is 5.11 Å². The lowest BCUT2D eigenvalue weighted by molar-refractivity contribution is 0.194. The van der Waals surface area contributed by atoms with Gasteiger partial charge in [-0.15, -0.1) is 11.6 Å². The fraction of sp³-hybridized carbons (Fsp3) is 1.00. The summed E-state index contributed by atoms with van der Waals surface area (Å²) in [5, 5.41) is 12.5. The third kappa shape index (κ3) is 16.3. The fourth-order valence-corrected chi connectivity index (χ4v) is 2.47. The number of unbranched alkanes of at least 4 members (excludes halogenated alkanes) is 8. The first kappa shape index (κ1) is 20.2. The van der Waals surface area contributed by atoms with Gasteiger partial charge in [-0.25, -0.2) is 0 Å². The maximum Gasteiger partial charge on any atom is 0.0799 e. The Bertz CT molecular complexity index is 188. The molecule has 0 spiro atoms. The molecule has 2 nitrogen and oxygen atoms in total. The number of aliphatic hydroxyl groups excluding tert-OH is 1. The first-order valence-electron chi connectivity index (χ1n) is 8.61. The van der Waals surface area contributed by atoms with Crippen LogP contribution in [0.4, 0.5) is 0 Å². The van der Waals surface area contributed by atoms with Gasteiger partial charge in [-0.2, -0.15) is 0 Å². The highest BCUT2D eigenvalue weighted by atomic mass is 35.5. The van der Waals surface area contributed by atoms with Gasteiger partial charge >= 0.3 is 0 Å². The first-order chi connectivity index (χ1) is 9.66. The lowest BCUT2D eigenvalue weighted by Crippen LogP contribution is -2.28. The molecule has 122 valence electrons. The van der Waals surface area contributed by atoms with Gasteiger partial charge in [0.25, 0.3) is 0 Å². The maximum atomic E-state index is 9.26. The van der Waals surface area contributed by atoms with Crippen molar-refractivity contribution in [1.82, 2.24) is 5.32 Å². The largest absolute Gasteiger partial charge is 0.391 e. The van der Waals surface area contributed by atoms with Crippen LogP contribution >= 0.6 is 11.6 Å². The number of nitrogens with one attached hydrogen (secondary N) is 1. The molecule has 0 radical (unpaired) electrons. The Morgan fingerprint density at radius 2 is 1.35 bits per heavy atom. The van der Waals surface area contributed by atoms with E-state index in [1.54, 1.807) is 0 Å². The smallest absolute Gasteiger partial charge is 0.0799 e. The fourth-order valence-electron chi connectivity index (χ4n) is 2.36. The molecule has 0 aliphatic rings. The lowest BCUT2D eigenvalue weighted by atomic mass is 10.0. The molecular weight excluding hydrogens is 270 g/mol. The molecule has 20 heavy (non-hydrogen) atoms. The Morgan fingerprint density at radius 1 is 0.850 bits per heavy atom. The number of halogens is 1. The van der Waals surface area contributed by atoms with Crippen LogP contribution in [0.5, 0.6) is 0 Å². The van der Waals surface area contributed by atoms with E-state index in [1.807, 2.05) is 0 Å². The van der Waals surface area contributed by atoms with Crippen LogP contribution in [-0.2, 0) is 0 Å². The van der Waals surface area contributed by atoms with Gasteiger partial charge in [0.05, 0.1) is 6.10 Å². The van der Waals surface area contributed by atoms with Crippen LogP contribution < -0.4 is 5.32 Å². The van der Waals surface area contributed by atoms with Crippen LogP contribution in [-0.4, -0.2) is 30.2 Å². The first-order valence-corrected chi connectivity index (χ1v) is 9.15. The van der Waals surface area contributed by atoms with E-state index in [0.717, 1.165) is 12.5 Å². The average molecular weight is 306 g/mol. The van der Waals surface area contributed by atoms with Gasteiger partial charge in [0.1, 0.15) is 0 Å². The van der Waals surface area contributed by atoms with Crippen LogP contribution in [0.2, 0.25) is 0 Å². The van der Waals surface area contributed by atoms with Gasteiger partial charge in [0.15, 0.2) is 0 Å². The second-order valence-corrected chi connectivity index (χ2v) is 6.69. The summed E-state index contributed by atoms with van der Waals surface area (Å²) >= 11 is 5.52. The summed E-state index contributed by atoms with van der Waals surface area (Å²) in [6, 6.07) is 0. The lowest BCUT2D eigenvalue weighted by Gasteiger charge is -2.08. The highest BCUT2D eigenvalue weighted by molar-refractivity contribution is 6.18. The Morgan fingerprint density at radius 3 is 1.85 bits per heavy atom. The Labute approximate surface area is 131 Å². The Balaban J connectivity index is 2.99. The molecule has 0 amide bonds. The van der Waals surface area contributed by atoms with E-state index < -0.39 is 6.10 Å². The molecule has 1 unspecified atom stereocenters.